The smallest absolute Gasteiger partial charge is 0.168 e. The topological polar surface area (TPSA) is 35.2 Å². The van der Waals surface area contributed by atoms with Gasteiger partial charge in [-0.2, -0.15) is 0 Å². The summed E-state index contributed by atoms with van der Waals surface area (Å²) in [5, 5.41) is 0. The highest BCUT2D eigenvalue weighted by Gasteiger charge is 2.28. The van der Waals surface area contributed by atoms with Gasteiger partial charge in [-0.05, 0) is 43.2 Å². The number of aryl methyl sites for hydroxylation is 1. The summed E-state index contributed by atoms with van der Waals surface area (Å²) in [6.45, 7) is 0. The van der Waals surface area contributed by atoms with E-state index in [0.717, 1.165) is 6.42 Å². The lowest BCUT2D eigenvalue weighted by atomic mass is 10.0. The lowest BCUT2D eigenvalue weighted by Gasteiger charge is -2.11. The molecule has 1 aliphatic rings. The van der Waals surface area contributed by atoms with Crippen molar-refractivity contribution < 1.29 is 9.13 Å². The molecular weight excluding hydrogens is 205 g/mol. The molecule has 0 aromatic heterocycles. The van der Waals surface area contributed by atoms with Gasteiger partial charge in [0.1, 0.15) is 0 Å². The van der Waals surface area contributed by atoms with E-state index in [9.17, 15) is 4.39 Å². The third-order valence-corrected chi connectivity index (χ3v) is 3.24. The van der Waals surface area contributed by atoms with Crippen LogP contribution in [0.3, 0.4) is 0 Å². The highest BCUT2D eigenvalue weighted by atomic mass is 19.1. The molecule has 0 radical (unpaired) electrons. The second-order valence-electron chi connectivity index (χ2n) is 4.47. The van der Waals surface area contributed by atoms with Gasteiger partial charge >= 0.3 is 0 Å². The van der Waals surface area contributed by atoms with Crippen molar-refractivity contribution >= 4 is 0 Å². The summed E-state index contributed by atoms with van der Waals surface area (Å²) < 4.78 is 18.7. The van der Waals surface area contributed by atoms with E-state index >= 15 is 0 Å². The maximum absolute atomic E-state index is 13.8. The molecule has 0 saturated heterocycles. The highest BCUT2D eigenvalue weighted by Crippen LogP contribution is 2.33. The van der Waals surface area contributed by atoms with E-state index < -0.39 is 0 Å². The van der Waals surface area contributed by atoms with Crippen LogP contribution in [-0.4, -0.2) is 13.2 Å². The van der Waals surface area contributed by atoms with Crippen LogP contribution in [0.4, 0.5) is 4.39 Å². The average molecular weight is 223 g/mol. The minimum absolute atomic E-state index is 0.227. The number of ether oxygens (including phenoxy) is 1. The van der Waals surface area contributed by atoms with Crippen molar-refractivity contribution in [2.45, 2.75) is 31.7 Å². The first-order valence-electron chi connectivity index (χ1n) is 5.79. The van der Waals surface area contributed by atoms with Gasteiger partial charge < -0.3 is 10.5 Å². The Morgan fingerprint density at radius 3 is 2.88 bits per heavy atom. The molecule has 1 aliphatic carbocycles. The summed E-state index contributed by atoms with van der Waals surface area (Å²) in [5.74, 6) is 0.749. The molecule has 16 heavy (non-hydrogen) atoms. The zero-order valence-corrected chi connectivity index (χ0v) is 9.58. The average Bonchev–Trinajstić information content (AvgIpc) is 3.11. The third kappa shape index (κ3) is 2.53. The summed E-state index contributed by atoms with van der Waals surface area (Å²) in [6, 6.07) is 5.49. The second kappa shape index (κ2) is 4.83. The minimum atomic E-state index is -0.243. The Balaban J connectivity index is 1.97. The van der Waals surface area contributed by atoms with E-state index in [4.69, 9.17) is 10.5 Å². The molecule has 2 nitrogen and oxygen atoms in total. The molecule has 0 spiro atoms. The number of methoxy groups -OCH3 is 1. The zero-order valence-electron chi connectivity index (χ0n) is 9.58. The molecule has 0 amide bonds. The van der Waals surface area contributed by atoms with Gasteiger partial charge in [0.25, 0.3) is 0 Å². The predicted molar refractivity (Wildman–Crippen MR) is 62.0 cm³/mol. The fraction of sp³-hybridized carbons (Fsp3) is 0.538. The highest BCUT2D eigenvalue weighted by molar-refractivity contribution is 5.31. The maximum Gasteiger partial charge on any atom is 0.168 e. The molecule has 88 valence electrons. The van der Waals surface area contributed by atoms with Crippen LogP contribution in [0.15, 0.2) is 18.2 Å². The largest absolute Gasteiger partial charge is 0.494 e. The van der Waals surface area contributed by atoms with Crippen LogP contribution in [0, 0.1) is 11.7 Å². The van der Waals surface area contributed by atoms with E-state index in [2.05, 4.69) is 0 Å². The summed E-state index contributed by atoms with van der Waals surface area (Å²) in [4.78, 5) is 0. The van der Waals surface area contributed by atoms with Crippen LogP contribution in [0.2, 0.25) is 0 Å². The molecule has 0 heterocycles. The van der Waals surface area contributed by atoms with Crippen molar-refractivity contribution in [2.75, 3.05) is 7.11 Å². The van der Waals surface area contributed by atoms with Gasteiger partial charge in [-0.15, -0.1) is 0 Å². The first-order valence-corrected chi connectivity index (χ1v) is 5.79. The van der Waals surface area contributed by atoms with Crippen molar-refractivity contribution in [3.8, 4) is 5.75 Å². The number of rotatable bonds is 5. The van der Waals surface area contributed by atoms with Crippen LogP contribution >= 0.6 is 0 Å². The van der Waals surface area contributed by atoms with Crippen molar-refractivity contribution in [3.05, 3.63) is 29.6 Å². The second-order valence-corrected chi connectivity index (χ2v) is 4.47. The predicted octanol–water partition coefficient (Wildman–Crippen LogP) is 2.50. The van der Waals surface area contributed by atoms with Gasteiger partial charge in [-0.1, -0.05) is 12.1 Å². The van der Waals surface area contributed by atoms with E-state index in [1.54, 1.807) is 12.1 Å². The zero-order chi connectivity index (χ0) is 11.5. The summed E-state index contributed by atoms with van der Waals surface area (Å²) in [5.41, 5.74) is 6.70. The van der Waals surface area contributed by atoms with Gasteiger partial charge in [-0.3, -0.25) is 0 Å². The molecule has 1 aromatic rings. The number of nitrogens with two attached hydrogens (primary N) is 1. The van der Waals surface area contributed by atoms with E-state index in [1.165, 1.54) is 20.0 Å². The first-order chi connectivity index (χ1) is 7.72. The van der Waals surface area contributed by atoms with Crippen molar-refractivity contribution in [3.63, 3.8) is 0 Å². The summed E-state index contributed by atoms with van der Waals surface area (Å²) in [6.07, 6.45) is 4.03. The molecule has 1 fully saturated rings. The Hall–Kier alpha value is -1.09. The van der Waals surface area contributed by atoms with Crippen molar-refractivity contribution in [1.82, 2.24) is 0 Å². The van der Waals surface area contributed by atoms with E-state index in [-0.39, 0.29) is 11.9 Å². The van der Waals surface area contributed by atoms with Crippen LogP contribution in [0.25, 0.3) is 0 Å². The Kier molecular flexibility index (Phi) is 3.44. The molecule has 1 atom stereocenters. The summed E-state index contributed by atoms with van der Waals surface area (Å²) >= 11 is 0. The molecule has 1 aromatic carbocycles. The molecule has 1 saturated carbocycles. The van der Waals surface area contributed by atoms with Crippen LogP contribution in [-0.2, 0) is 6.42 Å². The Bertz CT molecular complexity index is 363. The minimum Gasteiger partial charge on any atom is -0.494 e. The van der Waals surface area contributed by atoms with Gasteiger partial charge in [0, 0.05) is 6.04 Å². The molecule has 0 bridgehead atoms. The number of hydrogen-bond acceptors (Lipinski definition) is 2. The molecule has 3 heteroatoms. The maximum atomic E-state index is 13.8. The number of hydrogen-bond donors (Lipinski definition) is 1. The van der Waals surface area contributed by atoms with Crippen LogP contribution in [0.1, 0.15) is 24.8 Å². The molecule has 0 aliphatic heterocycles. The first kappa shape index (κ1) is 11.4. The quantitative estimate of drug-likeness (QED) is 0.832. The van der Waals surface area contributed by atoms with Crippen molar-refractivity contribution in [2.24, 2.45) is 11.7 Å². The van der Waals surface area contributed by atoms with E-state index in [1.807, 2.05) is 6.07 Å². The monoisotopic (exact) mass is 223 g/mol. The van der Waals surface area contributed by atoms with E-state index in [0.29, 0.717) is 23.7 Å². The van der Waals surface area contributed by atoms with Gasteiger partial charge in [-0.25, -0.2) is 4.39 Å². The SMILES string of the molecule is COc1cccc(CCC(N)C2CC2)c1F. The normalized spacial score (nSPS) is 17.2. The summed E-state index contributed by atoms with van der Waals surface area (Å²) in [7, 11) is 1.48. The fourth-order valence-corrected chi connectivity index (χ4v) is 1.99. The Morgan fingerprint density at radius 2 is 2.25 bits per heavy atom. The lowest BCUT2D eigenvalue weighted by Crippen LogP contribution is -2.23. The molecular formula is C13H18FNO. The van der Waals surface area contributed by atoms with Gasteiger partial charge in [0.2, 0.25) is 0 Å². The Labute approximate surface area is 95.6 Å². The fourth-order valence-electron chi connectivity index (χ4n) is 1.99. The standard InChI is InChI=1S/C13H18FNO/c1-16-12-4-2-3-10(13(12)14)7-8-11(15)9-5-6-9/h2-4,9,11H,5-8,15H2,1H3. The van der Waals surface area contributed by atoms with Crippen molar-refractivity contribution in [1.29, 1.82) is 0 Å². The van der Waals surface area contributed by atoms with Crippen LogP contribution in [0.5, 0.6) is 5.75 Å². The Morgan fingerprint density at radius 1 is 1.50 bits per heavy atom. The third-order valence-electron chi connectivity index (χ3n) is 3.24. The molecule has 2 rings (SSSR count). The van der Waals surface area contributed by atoms with Gasteiger partial charge in [0.15, 0.2) is 11.6 Å². The number of halogens is 1. The van der Waals surface area contributed by atoms with Gasteiger partial charge in [0.05, 0.1) is 7.11 Å². The lowest BCUT2D eigenvalue weighted by molar-refractivity contribution is 0.383. The van der Waals surface area contributed by atoms with Crippen LogP contribution < -0.4 is 10.5 Å². The molecule has 1 unspecified atom stereocenters. The molecule has 2 N–H and O–H groups in total. The number of benzene rings is 1.